The second-order valence-electron chi connectivity index (χ2n) is 4.47. The number of nitrogens with two attached hydrogens (primary N) is 1. The molecular weight excluding hydrogens is 286 g/mol. The summed E-state index contributed by atoms with van der Waals surface area (Å²) in [5.74, 6) is -0.500. The van der Waals surface area contributed by atoms with Crippen LogP contribution in [0.15, 0.2) is 18.2 Å². The number of phenolic OH excluding ortho intramolecular Hbond substituents is 2. The van der Waals surface area contributed by atoms with Crippen LogP contribution in [0.1, 0.15) is 19.4 Å². The summed E-state index contributed by atoms with van der Waals surface area (Å²) in [7, 11) is 0. The van der Waals surface area contributed by atoms with Gasteiger partial charge in [-0.05, 0) is 38.0 Å². The molecule has 94 valence electrons. The van der Waals surface area contributed by atoms with Crippen molar-refractivity contribution in [1.82, 2.24) is 0 Å². The molecular formula is C12H16BrNO3. The van der Waals surface area contributed by atoms with E-state index in [1.807, 2.05) is 0 Å². The molecule has 0 heterocycles. The van der Waals surface area contributed by atoms with Crippen LogP contribution >= 0.6 is 15.9 Å². The van der Waals surface area contributed by atoms with E-state index in [4.69, 9.17) is 10.8 Å². The van der Waals surface area contributed by atoms with Crippen molar-refractivity contribution < 1.29 is 15.0 Å². The number of halogens is 1. The van der Waals surface area contributed by atoms with Crippen molar-refractivity contribution in [2.45, 2.75) is 30.6 Å². The molecule has 0 fully saturated rings. The van der Waals surface area contributed by atoms with Gasteiger partial charge in [0.05, 0.1) is 10.4 Å². The SMILES string of the molecule is CC(C)(Br)C(=O)C(N)Cc1ccc(O)c(O)c1. The van der Waals surface area contributed by atoms with Crippen molar-refractivity contribution in [1.29, 1.82) is 0 Å². The van der Waals surface area contributed by atoms with E-state index in [0.717, 1.165) is 0 Å². The van der Waals surface area contributed by atoms with Gasteiger partial charge in [-0.1, -0.05) is 22.0 Å². The normalized spacial score (nSPS) is 13.4. The maximum atomic E-state index is 11.8. The lowest BCUT2D eigenvalue weighted by Gasteiger charge is -2.20. The summed E-state index contributed by atoms with van der Waals surface area (Å²) >= 11 is 3.27. The Labute approximate surface area is 109 Å². The van der Waals surface area contributed by atoms with E-state index < -0.39 is 10.4 Å². The van der Waals surface area contributed by atoms with E-state index in [-0.39, 0.29) is 17.3 Å². The van der Waals surface area contributed by atoms with E-state index >= 15 is 0 Å². The molecule has 1 atom stereocenters. The van der Waals surface area contributed by atoms with Gasteiger partial charge in [-0.25, -0.2) is 0 Å². The number of carbonyl (C=O) groups excluding carboxylic acids is 1. The predicted octanol–water partition coefficient (Wildman–Crippen LogP) is 1.71. The minimum Gasteiger partial charge on any atom is -0.504 e. The predicted molar refractivity (Wildman–Crippen MR) is 69.5 cm³/mol. The second-order valence-corrected chi connectivity index (χ2v) is 6.45. The fourth-order valence-electron chi connectivity index (χ4n) is 1.48. The first-order valence-corrected chi connectivity index (χ1v) is 6.01. The molecule has 5 heteroatoms. The number of Topliss-reactive ketones (excluding diaryl/α,β-unsaturated/α-hetero) is 1. The molecule has 1 rings (SSSR count). The molecule has 0 spiro atoms. The molecule has 1 aromatic carbocycles. The highest BCUT2D eigenvalue weighted by Gasteiger charge is 2.28. The molecule has 0 amide bonds. The summed E-state index contributed by atoms with van der Waals surface area (Å²) in [4.78, 5) is 11.8. The number of rotatable bonds is 4. The number of aromatic hydroxyl groups is 2. The molecule has 4 nitrogen and oxygen atoms in total. The Morgan fingerprint density at radius 1 is 1.41 bits per heavy atom. The molecule has 17 heavy (non-hydrogen) atoms. The van der Waals surface area contributed by atoms with Crippen LogP contribution in [0.2, 0.25) is 0 Å². The van der Waals surface area contributed by atoms with Gasteiger partial charge in [-0.15, -0.1) is 0 Å². The lowest BCUT2D eigenvalue weighted by Crippen LogP contribution is -2.42. The average Bonchev–Trinajstić information content (AvgIpc) is 2.21. The van der Waals surface area contributed by atoms with Gasteiger partial charge in [0.1, 0.15) is 0 Å². The molecule has 0 saturated carbocycles. The van der Waals surface area contributed by atoms with Crippen molar-refractivity contribution in [2.75, 3.05) is 0 Å². The first-order valence-electron chi connectivity index (χ1n) is 5.21. The quantitative estimate of drug-likeness (QED) is 0.584. The molecule has 0 aliphatic rings. The summed E-state index contributed by atoms with van der Waals surface area (Å²) in [6.45, 7) is 3.48. The number of hydrogen-bond donors (Lipinski definition) is 3. The summed E-state index contributed by atoms with van der Waals surface area (Å²) in [6, 6.07) is 3.77. The van der Waals surface area contributed by atoms with Crippen molar-refractivity contribution in [3.8, 4) is 11.5 Å². The number of hydrogen-bond acceptors (Lipinski definition) is 4. The maximum absolute atomic E-state index is 11.8. The van der Waals surface area contributed by atoms with Crippen molar-refractivity contribution >= 4 is 21.7 Å². The summed E-state index contributed by atoms with van der Waals surface area (Å²) < 4.78 is -0.661. The molecule has 0 bridgehead atoms. The number of phenols is 2. The number of alkyl halides is 1. The highest BCUT2D eigenvalue weighted by Crippen LogP contribution is 2.26. The van der Waals surface area contributed by atoms with Gasteiger partial charge in [0.25, 0.3) is 0 Å². The molecule has 1 aromatic rings. The topological polar surface area (TPSA) is 83.6 Å². The van der Waals surface area contributed by atoms with E-state index in [1.165, 1.54) is 12.1 Å². The Morgan fingerprint density at radius 3 is 2.47 bits per heavy atom. The van der Waals surface area contributed by atoms with Crippen LogP contribution < -0.4 is 5.73 Å². The van der Waals surface area contributed by atoms with E-state index in [9.17, 15) is 9.90 Å². The number of ketones is 1. The van der Waals surface area contributed by atoms with E-state index in [0.29, 0.717) is 12.0 Å². The van der Waals surface area contributed by atoms with E-state index in [2.05, 4.69) is 15.9 Å². The minimum atomic E-state index is -0.661. The Kier molecular flexibility index (Phi) is 4.16. The van der Waals surface area contributed by atoms with Gasteiger partial charge in [-0.2, -0.15) is 0 Å². The molecule has 0 aliphatic heterocycles. The molecule has 0 aliphatic carbocycles. The van der Waals surface area contributed by atoms with Crippen LogP contribution in [0.4, 0.5) is 0 Å². The minimum absolute atomic E-state index is 0.106. The lowest BCUT2D eigenvalue weighted by atomic mass is 9.96. The first kappa shape index (κ1) is 14.0. The van der Waals surface area contributed by atoms with E-state index in [1.54, 1.807) is 19.9 Å². The maximum Gasteiger partial charge on any atom is 0.165 e. The Hall–Kier alpha value is -1.07. The van der Waals surface area contributed by atoms with Crippen LogP contribution in [0.5, 0.6) is 11.5 Å². The van der Waals surface area contributed by atoms with Gasteiger partial charge in [-0.3, -0.25) is 4.79 Å². The highest BCUT2D eigenvalue weighted by molar-refractivity contribution is 9.10. The highest BCUT2D eigenvalue weighted by atomic mass is 79.9. The fourth-order valence-corrected chi connectivity index (χ4v) is 1.78. The Morgan fingerprint density at radius 2 is 2.00 bits per heavy atom. The third kappa shape index (κ3) is 3.71. The largest absolute Gasteiger partial charge is 0.504 e. The summed E-state index contributed by atoms with van der Waals surface area (Å²) in [5.41, 5.74) is 6.51. The van der Waals surface area contributed by atoms with Gasteiger partial charge < -0.3 is 15.9 Å². The average molecular weight is 302 g/mol. The molecule has 4 N–H and O–H groups in total. The Balaban J connectivity index is 2.78. The smallest absolute Gasteiger partial charge is 0.165 e. The zero-order chi connectivity index (χ0) is 13.2. The molecule has 0 saturated heterocycles. The first-order chi connectivity index (χ1) is 7.71. The molecule has 1 unspecified atom stereocenters. The van der Waals surface area contributed by atoms with Crippen LogP contribution in [0.3, 0.4) is 0 Å². The lowest BCUT2D eigenvalue weighted by molar-refractivity contribution is -0.121. The van der Waals surface area contributed by atoms with Crippen LogP contribution in [-0.2, 0) is 11.2 Å². The van der Waals surface area contributed by atoms with Crippen LogP contribution in [0.25, 0.3) is 0 Å². The standard InChI is InChI=1S/C12H16BrNO3/c1-12(2,13)11(17)8(14)5-7-3-4-9(15)10(16)6-7/h3-4,6,8,15-16H,5,14H2,1-2H3. The third-order valence-electron chi connectivity index (χ3n) is 2.42. The van der Waals surface area contributed by atoms with Crippen molar-refractivity contribution in [2.24, 2.45) is 5.73 Å². The van der Waals surface area contributed by atoms with Gasteiger partial charge in [0.15, 0.2) is 17.3 Å². The summed E-state index contributed by atoms with van der Waals surface area (Å²) in [6.07, 6.45) is 0.321. The zero-order valence-corrected chi connectivity index (χ0v) is 11.4. The van der Waals surface area contributed by atoms with Gasteiger partial charge >= 0.3 is 0 Å². The van der Waals surface area contributed by atoms with Crippen molar-refractivity contribution in [3.63, 3.8) is 0 Å². The Bertz CT molecular complexity index is 426. The van der Waals surface area contributed by atoms with Gasteiger partial charge in [0.2, 0.25) is 0 Å². The zero-order valence-electron chi connectivity index (χ0n) is 9.77. The fraction of sp³-hybridized carbons (Fsp3) is 0.417. The third-order valence-corrected chi connectivity index (χ3v) is 2.81. The van der Waals surface area contributed by atoms with Gasteiger partial charge in [0, 0.05) is 0 Å². The van der Waals surface area contributed by atoms with Crippen LogP contribution in [-0.4, -0.2) is 26.4 Å². The monoisotopic (exact) mass is 301 g/mol. The summed E-state index contributed by atoms with van der Waals surface area (Å²) in [5, 5.41) is 18.5. The van der Waals surface area contributed by atoms with Crippen LogP contribution in [0, 0.1) is 0 Å². The number of carbonyl (C=O) groups is 1. The molecule has 0 radical (unpaired) electrons. The second kappa shape index (κ2) is 5.06. The number of benzene rings is 1. The van der Waals surface area contributed by atoms with Crippen molar-refractivity contribution in [3.05, 3.63) is 23.8 Å². The molecule has 0 aromatic heterocycles.